The van der Waals surface area contributed by atoms with Crippen LogP contribution in [0.4, 0.5) is 0 Å². The second-order valence-electron chi connectivity index (χ2n) is 5.33. The minimum atomic E-state index is -2.98. The van der Waals surface area contributed by atoms with Crippen LogP contribution in [0.3, 0.4) is 0 Å². The van der Waals surface area contributed by atoms with Crippen molar-refractivity contribution in [2.75, 3.05) is 25.6 Å². The van der Waals surface area contributed by atoms with Gasteiger partial charge in [-0.1, -0.05) is 0 Å². The SMILES string of the molecule is Cc1nc(CN(C)C)sc1C(=O)NC1CCS(=O)(=O)C1. The first-order valence-corrected chi connectivity index (χ1v) is 9.03. The van der Waals surface area contributed by atoms with Crippen LogP contribution in [0, 0.1) is 6.92 Å². The smallest absolute Gasteiger partial charge is 0.263 e. The normalized spacial score (nSPS) is 21.3. The monoisotopic (exact) mass is 317 g/mol. The van der Waals surface area contributed by atoms with E-state index in [2.05, 4.69) is 10.3 Å². The van der Waals surface area contributed by atoms with E-state index in [-0.39, 0.29) is 23.5 Å². The molecule has 1 aliphatic rings. The number of nitrogens with zero attached hydrogens (tertiary/aromatic N) is 2. The zero-order chi connectivity index (χ0) is 14.9. The molecule has 1 amide bonds. The van der Waals surface area contributed by atoms with Gasteiger partial charge in [0.05, 0.1) is 17.2 Å². The molecule has 1 aliphatic heterocycles. The van der Waals surface area contributed by atoms with Gasteiger partial charge in [-0.2, -0.15) is 0 Å². The Balaban J connectivity index is 2.04. The van der Waals surface area contributed by atoms with Crippen molar-refractivity contribution >= 4 is 27.1 Å². The Kier molecular flexibility index (Phi) is 4.46. The van der Waals surface area contributed by atoms with Crippen LogP contribution < -0.4 is 5.32 Å². The molecule has 1 aromatic rings. The van der Waals surface area contributed by atoms with Gasteiger partial charge in [0, 0.05) is 12.6 Å². The second-order valence-corrected chi connectivity index (χ2v) is 8.65. The molecule has 2 rings (SSSR count). The van der Waals surface area contributed by atoms with Crippen LogP contribution in [0.1, 0.15) is 26.8 Å². The van der Waals surface area contributed by atoms with Crippen LogP contribution in [0.25, 0.3) is 0 Å². The quantitative estimate of drug-likeness (QED) is 0.871. The summed E-state index contributed by atoms with van der Waals surface area (Å²) >= 11 is 1.36. The molecule has 0 saturated carbocycles. The molecule has 20 heavy (non-hydrogen) atoms. The lowest BCUT2D eigenvalue weighted by Crippen LogP contribution is -2.35. The molecule has 2 heterocycles. The number of amides is 1. The summed E-state index contributed by atoms with van der Waals surface area (Å²) in [4.78, 5) is 19.1. The summed E-state index contributed by atoms with van der Waals surface area (Å²) in [6.45, 7) is 2.49. The second kappa shape index (κ2) is 5.79. The molecule has 0 aliphatic carbocycles. The summed E-state index contributed by atoms with van der Waals surface area (Å²) in [6.07, 6.45) is 0.497. The van der Waals surface area contributed by atoms with E-state index in [4.69, 9.17) is 0 Å². The van der Waals surface area contributed by atoms with Gasteiger partial charge < -0.3 is 10.2 Å². The first-order valence-electron chi connectivity index (χ1n) is 6.39. The summed E-state index contributed by atoms with van der Waals surface area (Å²) in [5, 5.41) is 3.68. The van der Waals surface area contributed by atoms with E-state index < -0.39 is 9.84 Å². The lowest BCUT2D eigenvalue weighted by molar-refractivity contribution is 0.0944. The molecule has 0 radical (unpaired) electrons. The molecule has 8 heteroatoms. The zero-order valence-electron chi connectivity index (χ0n) is 11.8. The van der Waals surface area contributed by atoms with Crippen LogP contribution in [0.2, 0.25) is 0 Å². The van der Waals surface area contributed by atoms with E-state index >= 15 is 0 Å². The standard InChI is InChI=1S/C12H19N3O3S2/c1-8-11(19-10(13-8)6-15(2)3)12(16)14-9-4-5-20(17,18)7-9/h9H,4-7H2,1-3H3,(H,14,16). The maximum absolute atomic E-state index is 12.2. The van der Waals surface area contributed by atoms with Crippen molar-refractivity contribution in [3.63, 3.8) is 0 Å². The Hall–Kier alpha value is -0.990. The molecule has 1 N–H and O–H groups in total. The van der Waals surface area contributed by atoms with Crippen molar-refractivity contribution in [1.29, 1.82) is 0 Å². The third kappa shape index (κ3) is 3.77. The lowest BCUT2D eigenvalue weighted by Gasteiger charge is -2.09. The predicted octanol–water partition coefficient (Wildman–Crippen LogP) is 0.430. The van der Waals surface area contributed by atoms with Gasteiger partial charge in [-0.15, -0.1) is 11.3 Å². The van der Waals surface area contributed by atoms with E-state index in [0.29, 0.717) is 23.5 Å². The highest BCUT2D eigenvalue weighted by Gasteiger charge is 2.30. The minimum Gasteiger partial charge on any atom is -0.347 e. The number of carbonyl (C=O) groups is 1. The Morgan fingerprint density at radius 2 is 2.20 bits per heavy atom. The van der Waals surface area contributed by atoms with E-state index in [1.165, 1.54) is 11.3 Å². The van der Waals surface area contributed by atoms with E-state index in [1.807, 2.05) is 19.0 Å². The van der Waals surface area contributed by atoms with Crippen LogP contribution in [0.5, 0.6) is 0 Å². The number of thiazole rings is 1. The number of hydrogen-bond acceptors (Lipinski definition) is 6. The highest BCUT2D eigenvalue weighted by Crippen LogP contribution is 2.20. The number of aryl methyl sites for hydroxylation is 1. The molecule has 0 spiro atoms. The summed E-state index contributed by atoms with van der Waals surface area (Å²) in [5.74, 6) is -0.0146. The molecule has 0 bridgehead atoms. The molecular weight excluding hydrogens is 298 g/mol. The molecule has 1 fully saturated rings. The third-order valence-electron chi connectivity index (χ3n) is 3.07. The predicted molar refractivity (Wildman–Crippen MR) is 78.8 cm³/mol. The summed E-state index contributed by atoms with van der Waals surface area (Å²) in [7, 11) is 0.911. The fourth-order valence-corrected chi connectivity index (χ4v) is 4.92. The van der Waals surface area contributed by atoms with Gasteiger partial charge in [0.15, 0.2) is 9.84 Å². The first-order chi connectivity index (χ1) is 9.27. The Labute approximate surface area is 123 Å². The Bertz CT molecular complexity index is 607. The molecule has 1 saturated heterocycles. The average Bonchev–Trinajstić information content (AvgIpc) is 2.81. The third-order valence-corrected chi connectivity index (χ3v) is 5.98. The maximum Gasteiger partial charge on any atom is 0.263 e. The van der Waals surface area contributed by atoms with Crippen molar-refractivity contribution in [1.82, 2.24) is 15.2 Å². The van der Waals surface area contributed by atoms with Crippen molar-refractivity contribution in [2.24, 2.45) is 0 Å². The largest absolute Gasteiger partial charge is 0.347 e. The number of carbonyl (C=O) groups excluding carboxylic acids is 1. The van der Waals surface area contributed by atoms with Crippen molar-refractivity contribution in [3.05, 3.63) is 15.6 Å². The maximum atomic E-state index is 12.2. The zero-order valence-corrected chi connectivity index (χ0v) is 13.5. The highest BCUT2D eigenvalue weighted by atomic mass is 32.2. The van der Waals surface area contributed by atoms with E-state index in [9.17, 15) is 13.2 Å². The lowest BCUT2D eigenvalue weighted by atomic mass is 10.2. The number of nitrogens with one attached hydrogen (secondary N) is 1. The Morgan fingerprint density at radius 3 is 2.75 bits per heavy atom. The topological polar surface area (TPSA) is 79.4 Å². The van der Waals surface area contributed by atoms with Crippen LogP contribution in [-0.4, -0.2) is 55.9 Å². The van der Waals surface area contributed by atoms with Gasteiger partial charge in [0.25, 0.3) is 5.91 Å². The molecule has 1 unspecified atom stereocenters. The van der Waals surface area contributed by atoms with E-state index in [1.54, 1.807) is 6.92 Å². The molecule has 1 atom stereocenters. The van der Waals surface area contributed by atoms with Gasteiger partial charge in [0.2, 0.25) is 0 Å². The first kappa shape index (κ1) is 15.4. The van der Waals surface area contributed by atoms with Gasteiger partial charge in [-0.25, -0.2) is 13.4 Å². The average molecular weight is 317 g/mol. The minimum absolute atomic E-state index is 0.0428. The van der Waals surface area contributed by atoms with E-state index in [0.717, 1.165) is 5.01 Å². The highest BCUT2D eigenvalue weighted by molar-refractivity contribution is 7.91. The molecule has 0 aromatic carbocycles. The van der Waals surface area contributed by atoms with Crippen LogP contribution >= 0.6 is 11.3 Å². The van der Waals surface area contributed by atoms with Crippen molar-refractivity contribution in [2.45, 2.75) is 25.9 Å². The molecular formula is C12H19N3O3S2. The number of hydrogen-bond donors (Lipinski definition) is 1. The van der Waals surface area contributed by atoms with Gasteiger partial charge in [0.1, 0.15) is 9.88 Å². The number of aromatic nitrogens is 1. The number of sulfone groups is 1. The van der Waals surface area contributed by atoms with Gasteiger partial charge in [-0.05, 0) is 27.4 Å². The number of rotatable bonds is 4. The van der Waals surface area contributed by atoms with Crippen molar-refractivity contribution in [3.8, 4) is 0 Å². The summed E-state index contributed by atoms with van der Waals surface area (Å²) < 4.78 is 22.8. The fraction of sp³-hybridized carbons (Fsp3) is 0.667. The van der Waals surface area contributed by atoms with Crippen molar-refractivity contribution < 1.29 is 13.2 Å². The molecule has 112 valence electrons. The molecule has 1 aromatic heterocycles. The Morgan fingerprint density at radius 1 is 1.50 bits per heavy atom. The molecule has 6 nitrogen and oxygen atoms in total. The van der Waals surface area contributed by atoms with Gasteiger partial charge in [-0.3, -0.25) is 4.79 Å². The van der Waals surface area contributed by atoms with Crippen LogP contribution in [-0.2, 0) is 16.4 Å². The summed E-state index contributed by atoms with van der Waals surface area (Å²) in [6, 6.07) is -0.272. The summed E-state index contributed by atoms with van der Waals surface area (Å²) in [5.41, 5.74) is 0.699. The fourth-order valence-electron chi connectivity index (χ4n) is 2.16. The van der Waals surface area contributed by atoms with Gasteiger partial charge >= 0.3 is 0 Å². The van der Waals surface area contributed by atoms with Crippen LogP contribution in [0.15, 0.2) is 0 Å².